The van der Waals surface area contributed by atoms with Crippen molar-refractivity contribution < 1.29 is 24.4 Å². The van der Waals surface area contributed by atoms with Crippen LogP contribution in [0.1, 0.15) is 17.2 Å². The Labute approximate surface area is 194 Å². The Morgan fingerprint density at radius 3 is 2.56 bits per heavy atom. The Kier molecular flexibility index (Phi) is 6.18. The van der Waals surface area contributed by atoms with Crippen LogP contribution in [0.25, 0.3) is 5.76 Å². The predicted octanol–water partition coefficient (Wildman–Crippen LogP) is 4.18. The van der Waals surface area contributed by atoms with E-state index in [1.165, 1.54) is 24.4 Å². The van der Waals surface area contributed by atoms with Crippen molar-refractivity contribution in [3.63, 3.8) is 0 Å². The summed E-state index contributed by atoms with van der Waals surface area (Å²) in [7, 11) is 0. The number of benzene rings is 2. The highest BCUT2D eigenvalue weighted by atomic mass is 16.6. The van der Waals surface area contributed by atoms with E-state index < -0.39 is 28.4 Å². The second kappa shape index (κ2) is 9.37. The number of hydrogen-bond acceptors (Lipinski definition) is 7. The molecule has 170 valence electrons. The largest absolute Gasteiger partial charge is 0.507 e. The molecule has 3 aromatic rings. The number of nitro groups is 1. The van der Waals surface area contributed by atoms with E-state index >= 15 is 0 Å². The van der Waals surface area contributed by atoms with Gasteiger partial charge in [0.2, 0.25) is 0 Å². The molecule has 1 N–H and O–H groups in total. The number of aliphatic hydroxyl groups is 1. The average Bonchev–Trinajstić information content (AvgIpc) is 3.13. The molecule has 1 fully saturated rings. The van der Waals surface area contributed by atoms with Crippen LogP contribution in [0.2, 0.25) is 0 Å². The number of carbonyl (C=O) groups is 2. The Morgan fingerprint density at radius 2 is 1.91 bits per heavy atom. The first-order valence-electron chi connectivity index (χ1n) is 10.2. The fourth-order valence-corrected chi connectivity index (χ4v) is 3.71. The summed E-state index contributed by atoms with van der Waals surface area (Å²) in [5, 5.41) is 22.5. The maximum absolute atomic E-state index is 13.1. The van der Waals surface area contributed by atoms with Crippen LogP contribution >= 0.6 is 0 Å². The lowest BCUT2D eigenvalue weighted by atomic mass is 9.95. The van der Waals surface area contributed by atoms with Gasteiger partial charge in [-0.05, 0) is 42.0 Å². The van der Waals surface area contributed by atoms with Crippen molar-refractivity contribution >= 4 is 29.0 Å². The highest BCUT2D eigenvalue weighted by Gasteiger charge is 2.47. The molecular formula is C25H19N3O6. The standard InChI is InChI=1S/C25H19N3O6/c1-2-14-34-19-11-9-16(10-12-19)23(29)21-22(17-6-5-7-18(15-17)28(32)33)27(25(31)24(21)30)20-8-3-4-13-26-20/h2-13,15,22,29H,1,14H2/t22-/m0/s1. The van der Waals surface area contributed by atoms with Crippen LogP contribution in [0.3, 0.4) is 0 Å². The van der Waals surface area contributed by atoms with Crippen molar-refractivity contribution in [1.29, 1.82) is 0 Å². The normalized spacial score (nSPS) is 16.9. The molecule has 1 atom stereocenters. The Balaban J connectivity index is 1.88. The molecule has 1 aliphatic rings. The molecule has 9 nitrogen and oxygen atoms in total. The minimum atomic E-state index is -1.12. The second-order valence-electron chi connectivity index (χ2n) is 7.33. The topological polar surface area (TPSA) is 123 Å². The van der Waals surface area contributed by atoms with Gasteiger partial charge in [0.15, 0.2) is 0 Å². The molecule has 2 aromatic carbocycles. The number of amides is 1. The van der Waals surface area contributed by atoms with Crippen molar-refractivity contribution in [3.05, 3.63) is 112 Å². The van der Waals surface area contributed by atoms with Crippen molar-refractivity contribution in [2.45, 2.75) is 6.04 Å². The van der Waals surface area contributed by atoms with Gasteiger partial charge in [0.05, 0.1) is 16.5 Å². The lowest BCUT2D eigenvalue weighted by molar-refractivity contribution is -0.384. The maximum Gasteiger partial charge on any atom is 0.301 e. The molecule has 34 heavy (non-hydrogen) atoms. The molecule has 4 rings (SSSR count). The lowest BCUT2D eigenvalue weighted by Crippen LogP contribution is -2.30. The first-order valence-corrected chi connectivity index (χ1v) is 10.2. The Morgan fingerprint density at radius 1 is 1.15 bits per heavy atom. The minimum absolute atomic E-state index is 0.174. The summed E-state index contributed by atoms with van der Waals surface area (Å²) in [6.07, 6.45) is 3.05. The Bertz CT molecular complexity index is 1300. The van der Waals surface area contributed by atoms with Gasteiger partial charge >= 0.3 is 5.91 Å². The summed E-state index contributed by atoms with van der Waals surface area (Å²) in [5.41, 5.74) is 0.149. The van der Waals surface area contributed by atoms with E-state index in [0.717, 1.165) is 4.90 Å². The van der Waals surface area contributed by atoms with Gasteiger partial charge in [0, 0.05) is 23.9 Å². The van der Waals surface area contributed by atoms with Gasteiger partial charge in [0.1, 0.15) is 23.9 Å². The molecule has 9 heteroatoms. The maximum atomic E-state index is 13.1. The summed E-state index contributed by atoms with van der Waals surface area (Å²) in [5.74, 6) is -1.54. The van der Waals surface area contributed by atoms with Crippen LogP contribution in [0.5, 0.6) is 5.75 Å². The lowest BCUT2D eigenvalue weighted by Gasteiger charge is -2.24. The molecule has 2 heterocycles. The van der Waals surface area contributed by atoms with Crippen LogP contribution in [0.15, 0.2) is 91.2 Å². The number of nitro benzene ring substituents is 1. The van der Waals surface area contributed by atoms with E-state index in [1.54, 1.807) is 54.6 Å². The monoisotopic (exact) mass is 457 g/mol. The highest BCUT2D eigenvalue weighted by molar-refractivity contribution is 6.51. The van der Waals surface area contributed by atoms with Crippen LogP contribution in [-0.2, 0) is 9.59 Å². The van der Waals surface area contributed by atoms with Crippen LogP contribution in [-0.4, -0.2) is 33.3 Å². The molecule has 1 aliphatic heterocycles. The number of pyridine rings is 1. The average molecular weight is 457 g/mol. The third-order valence-corrected chi connectivity index (χ3v) is 5.23. The molecule has 0 radical (unpaired) electrons. The molecule has 0 spiro atoms. The molecule has 1 saturated heterocycles. The van der Waals surface area contributed by atoms with E-state index in [1.807, 2.05) is 0 Å². The number of Topliss-reactive ketones (excluding diaryl/α,β-unsaturated/α-hetero) is 1. The number of non-ortho nitro benzene ring substituents is 1. The number of ether oxygens (including phenoxy) is 1. The number of ketones is 1. The molecule has 0 bridgehead atoms. The SMILES string of the molecule is C=CCOc1ccc(C(O)=C2C(=O)C(=O)N(c3ccccn3)[C@H]2c2cccc([N+](=O)[O-])c2)cc1. The summed E-state index contributed by atoms with van der Waals surface area (Å²) >= 11 is 0. The molecule has 0 aliphatic carbocycles. The first-order chi connectivity index (χ1) is 16.4. The number of nitrogens with zero attached hydrogens (tertiary/aromatic N) is 3. The Hall–Kier alpha value is -4.79. The van der Waals surface area contributed by atoms with Gasteiger partial charge in [-0.2, -0.15) is 0 Å². The summed E-state index contributed by atoms with van der Waals surface area (Å²) in [4.78, 5) is 42.3. The zero-order valence-electron chi connectivity index (χ0n) is 17.8. The fourth-order valence-electron chi connectivity index (χ4n) is 3.71. The number of aliphatic hydroxyl groups excluding tert-OH is 1. The van der Waals surface area contributed by atoms with Crippen molar-refractivity contribution in [2.75, 3.05) is 11.5 Å². The highest BCUT2D eigenvalue weighted by Crippen LogP contribution is 2.42. The van der Waals surface area contributed by atoms with Gasteiger partial charge in [-0.15, -0.1) is 0 Å². The van der Waals surface area contributed by atoms with E-state index in [2.05, 4.69) is 11.6 Å². The van der Waals surface area contributed by atoms with Crippen molar-refractivity contribution in [1.82, 2.24) is 4.98 Å². The molecule has 0 saturated carbocycles. The van der Waals surface area contributed by atoms with E-state index in [9.17, 15) is 24.8 Å². The third-order valence-electron chi connectivity index (χ3n) is 5.23. The van der Waals surface area contributed by atoms with Crippen LogP contribution in [0.4, 0.5) is 11.5 Å². The van der Waals surface area contributed by atoms with Gasteiger partial charge in [-0.1, -0.05) is 30.9 Å². The van der Waals surface area contributed by atoms with Gasteiger partial charge in [0.25, 0.3) is 11.5 Å². The van der Waals surface area contributed by atoms with E-state index in [-0.39, 0.29) is 28.2 Å². The van der Waals surface area contributed by atoms with Crippen molar-refractivity contribution in [2.24, 2.45) is 0 Å². The smallest absolute Gasteiger partial charge is 0.301 e. The van der Waals surface area contributed by atoms with Gasteiger partial charge in [-0.25, -0.2) is 4.98 Å². The summed E-state index contributed by atoms with van der Waals surface area (Å²) < 4.78 is 5.44. The summed E-state index contributed by atoms with van der Waals surface area (Å²) in [6.45, 7) is 3.88. The molecule has 0 unspecified atom stereocenters. The number of anilines is 1. The minimum Gasteiger partial charge on any atom is -0.507 e. The second-order valence-corrected chi connectivity index (χ2v) is 7.33. The van der Waals surface area contributed by atoms with Crippen LogP contribution in [0, 0.1) is 10.1 Å². The summed E-state index contributed by atoms with van der Waals surface area (Å²) in [6, 6.07) is 15.6. The zero-order chi connectivity index (χ0) is 24.2. The number of carbonyl (C=O) groups excluding carboxylic acids is 2. The fraction of sp³-hybridized carbons (Fsp3) is 0.0800. The molecule has 1 amide bonds. The number of aromatic nitrogens is 1. The third kappa shape index (κ3) is 4.14. The van der Waals surface area contributed by atoms with Gasteiger partial charge in [-0.3, -0.25) is 24.6 Å². The number of rotatable bonds is 7. The quantitative estimate of drug-likeness (QED) is 0.141. The van der Waals surface area contributed by atoms with E-state index in [0.29, 0.717) is 12.4 Å². The molecular weight excluding hydrogens is 438 g/mol. The number of hydrogen-bond donors (Lipinski definition) is 1. The molecule has 1 aromatic heterocycles. The van der Waals surface area contributed by atoms with Crippen LogP contribution < -0.4 is 9.64 Å². The van der Waals surface area contributed by atoms with Gasteiger partial charge < -0.3 is 9.84 Å². The predicted molar refractivity (Wildman–Crippen MR) is 124 cm³/mol. The van der Waals surface area contributed by atoms with Crippen molar-refractivity contribution in [3.8, 4) is 5.75 Å². The zero-order valence-corrected chi connectivity index (χ0v) is 17.8. The first kappa shape index (κ1) is 22.4. The van der Waals surface area contributed by atoms with E-state index in [4.69, 9.17) is 4.74 Å².